The quantitative estimate of drug-likeness (QED) is 0.567. The molecule has 0 saturated carbocycles. The molecule has 1 amide bonds. The Hall–Kier alpha value is -2.87. The molecule has 6 nitrogen and oxygen atoms in total. The van der Waals surface area contributed by atoms with Crippen LogP contribution in [0.1, 0.15) is 37.4 Å². The third-order valence-electron chi connectivity index (χ3n) is 3.91. The SMILES string of the molecule is C[C@H](NC(=O)CSc1nnc([C@H](C)Oc2ccccc2F)o1)c1ccccc1. The lowest BCUT2D eigenvalue weighted by atomic mass is 10.1. The van der Waals surface area contributed by atoms with E-state index in [-0.39, 0.29) is 34.6 Å². The molecule has 3 rings (SSSR count). The molecule has 1 aromatic heterocycles. The Morgan fingerprint density at radius 2 is 1.86 bits per heavy atom. The highest BCUT2D eigenvalue weighted by Crippen LogP contribution is 2.25. The van der Waals surface area contributed by atoms with Gasteiger partial charge in [0.05, 0.1) is 11.8 Å². The molecule has 0 unspecified atom stereocenters. The van der Waals surface area contributed by atoms with Crippen LogP contribution in [0.4, 0.5) is 4.39 Å². The number of ether oxygens (including phenoxy) is 1. The van der Waals surface area contributed by atoms with Crippen LogP contribution in [0.3, 0.4) is 0 Å². The molecule has 8 heteroatoms. The standard InChI is InChI=1S/C20H20FN3O3S/c1-13(15-8-4-3-5-9-15)22-18(25)12-28-20-24-23-19(27-20)14(2)26-17-11-7-6-10-16(17)21/h3-11,13-14H,12H2,1-2H3,(H,22,25)/t13-,14-/m0/s1. The fraction of sp³-hybridized carbons (Fsp3) is 0.250. The second-order valence-electron chi connectivity index (χ2n) is 6.09. The van der Waals surface area contributed by atoms with Gasteiger partial charge < -0.3 is 14.5 Å². The van der Waals surface area contributed by atoms with E-state index in [2.05, 4.69) is 15.5 Å². The maximum absolute atomic E-state index is 13.7. The fourth-order valence-corrected chi connectivity index (χ4v) is 3.04. The molecule has 1 N–H and O–H groups in total. The molecule has 2 atom stereocenters. The van der Waals surface area contributed by atoms with Gasteiger partial charge in [0.1, 0.15) is 0 Å². The van der Waals surface area contributed by atoms with Crippen LogP contribution < -0.4 is 10.1 Å². The fourth-order valence-electron chi connectivity index (χ4n) is 2.46. The van der Waals surface area contributed by atoms with Gasteiger partial charge in [0.25, 0.3) is 11.1 Å². The van der Waals surface area contributed by atoms with E-state index in [1.165, 1.54) is 12.1 Å². The van der Waals surface area contributed by atoms with Crippen LogP contribution in [0, 0.1) is 5.82 Å². The van der Waals surface area contributed by atoms with Crippen molar-refractivity contribution in [1.29, 1.82) is 0 Å². The van der Waals surface area contributed by atoms with Gasteiger partial charge in [-0.25, -0.2) is 4.39 Å². The van der Waals surface area contributed by atoms with Crippen LogP contribution in [0.5, 0.6) is 5.75 Å². The summed E-state index contributed by atoms with van der Waals surface area (Å²) in [6.45, 7) is 3.60. The highest BCUT2D eigenvalue weighted by Gasteiger charge is 2.18. The van der Waals surface area contributed by atoms with Crippen LogP contribution in [0.25, 0.3) is 0 Å². The van der Waals surface area contributed by atoms with Crippen molar-refractivity contribution < 1.29 is 18.3 Å². The van der Waals surface area contributed by atoms with Crippen molar-refractivity contribution in [2.75, 3.05) is 5.75 Å². The van der Waals surface area contributed by atoms with Gasteiger partial charge in [0.15, 0.2) is 17.7 Å². The van der Waals surface area contributed by atoms with Crippen LogP contribution in [0.15, 0.2) is 64.2 Å². The van der Waals surface area contributed by atoms with E-state index in [1.54, 1.807) is 19.1 Å². The summed E-state index contributed by atoms with van der Waals surface area (Å²) in [6.07, 6.45) is -0.620. The second-order valence-corrected chi connectivity index (χ2v) is 7.01. The maximum atomic E-state index is 13.7. The van der Waals surface area contributed by atoms with Gasteiger partial charge in [0, 0.05) is 0 Å². The van der Waals surface area contributed by atoms with Gasteiger partial charge in [-0.15, -0.1) is 10.2 Å². The van der Waals surface area contributed by atoms with Crippen molar-refractivity contribution in [2.24, 2.45) is 0 Å². The zero-order chi connectivity index (χ0) is 19.9. The predicted octanol–water partition coefficient (Wildman–Crippen LogP) is 4.32. The van der Waals surface area contributed by atoms with Crippen molar-refractivity contribution in [3.05, 3.63) is 71.9 Å². The van der Waals surface area contributed by atoms with Crippen molar-refractivity contribution in [3.63, 3.8) is 0 Å². The molecular formula is C20H20FN3O3S. The second kappa shape index (κ2) is 9.36. The summed E-state index contributed by atoms with van der Waals surface area (Å²) < 4.78 is 24.7. The molecule has 3 aromatic rings. The Balaban J connectivity index is 1.50. The molecule has 0 spiro atoms. The van der Waals surface area contributed by atoms with Gasteiger partial charge in [-0.05, 0) is 31.5 Å². The zero-order valence-electron chi connectivity index (χ0n) is 15.5. The molecule has 0 fully saturated rings. The van der Waals surface area contributed by atoms with E-state index < -0.39 is 11.9 Å². The van der Waals surface area contributed by atoms with Gasteiger partial charge in [0.2, 0.25) is 5.91 Å². The van der Waals surface area contributed by atoms with E-state index in [0.29, 0.717) is 0 Å². The number of nitrogens with zero attached hydrogens (tertiary/aromatic N) is 2. The topological polar surface area (TPSA) is 77.2 Å². The number of hydrogen-bond acceptors (Lipinski definition) is 6. The molecule has 0 radical (unpaired) electrons. The smallest absolute Gasteiger partial charge is 0.277 e. The number of carbonyl (C=O) groups is 1. The largest absolute Gasteiger partial charge is 0.478 e. The Kier molecular flexibility index (Phi) is 6.65. The first-order valence-corrected chi connectivity index (χ1v) is 9.73. The third-order valence-corrected chi connectivity index (χ3v) is 4.73. The molecule has 1 heterocycles. The molecule has 0 saturated heterocycles. The number of hydrogen-bond donors (Lipinski definition) is 1. The number of halogens is 1. The van der Waals surface area contributed by atoms with Crippen molar-refractivity contribution >= 4 is 17.7 Å². The first kappa shape index (κ1) is 19.9. The van der Waals surface area contributed by atoms with Crippen molar-refractivity contribution in [3.8, 4) is 5.75 Å². The Labute approximate surface area is 166 Å². The highest BCUT2D eigenvalue weighted by molar-refractivity contribution is 7.99. The molecule has 0 aliphatic carbocycles. The van der Waals surface area contributed by atoms with Crippen molar-refractivity contribution in [1.82, 2.24) is 15.5 Å². The predicted molar refractivity (Wildman–Crippen MR) is 103 cm³/mol. The summed E-state index contributed by atoms with van der Waals surface area (Å²) in [5, 5.41) is 11.0. The monoisotopic (exact) mass is 401 g/mol. The average molecular weight is 401 g/mol. The number of benzene rings is 2. The minimum absolute atomic E-state index is 0.0956. The molecule has 0 aliphatic rings. The van der Waals surface area contributed by atoms with E-state index in [9.17, 15) is 9.18 Å². The summed E-state index contributed by atoms with van der Waals surface area (Å²) in [7, 11) is 0. The highest BCUT2D eigenvalue weighted by atomic mass is 32.2. The van der Waals surface area contributed by atoms with Crippen LogP contribution in [0.2, 0.25) is 0 Å². The summed E-state index contributed by atoms with van der Waals surface area (Å²) in [5.74, 6) is -0.147. The van der Waals surface area contributed by atoms with Gasteiger partial charge in [-0.2, -0.15) is 0 Å². The Morgan fingerprint density at radius 3 is 2.61 bits per heavy atom. The Bertz CT molecular complexity index is 920. The lowest BCUT2D eigenvalue weighted by Crippen LogP contribution is -2.28. The molecule has 2 aromatic carbocycles. The normalized spacial score (nSPS) is 13.0. The first-order valence-electron chi connectivity index (χ1n) is 8.74. The van der Waals surface area contributed by atoms with Crippen LogP contribution in [-0.2, 0) is 4.79 Å². The number of aromatic nitrogens is 2. The van der Waals surface area contributed by atoms with Gasteiger partial charge in [-0.1, -0.05) is 54.2 Å². The van der Waals surface area contributed by atoms with Crippen LogP contribution in [-0.4, -0.2) is 21.9 Å². The maximum Gasteiger partial charge on any atom is 0.277 e. The minimum Gasteiger partial charge on any atom is -0.478 e. The number of thioether (sulfide) groups is 1. The zero-order valence-corrected chi connectivity index (χ0v) is 16.3. The van der Waals surface area contributed by atoms with E-state index in [1.807, 2.05) is 37.3 Å². The molecule has 28 heavy (non-hydrogen) atoms. The summed E-state index contributed by atoms with van der Waals surface area (Å²) >= 11 is 1.13. The number of carbonyl (C=O) groups excluding carboxylic acids is 1. The Morgan fingerprint density at radius 1 is 1.14 bits per heavy atom. The molecule has 146 valence electrons. The molecular weight excluding hydrogens is 381 g/mol. The van der Waals surface area contributed by atoms with Gasteiger partial charge >= 0.3 is 0 Å². The van der Waals surface area contributed by atoms with E-state index in [4.69, 9.17) is 9.15 Å². The summed E-state index contributed by atoms with van der Waals surface area (Å²) in [4.78, 5) is 12.1. The molecule has 0 aliphatic heterocycles. The van der Waals surface area contributed by atoms with Crippen molar-refractivity contribution in [2.45, 2.75) is 31.2 Å². The minimum atomic E-state index is -0.620. The summed E-state index contributed by atoms with van der Waals surface area (Å²) in [6, 6.07) is 15.7. The average Bonchev–Trinajstić information content (AvgIpc) is 3.18. The lowest BCUT2D eigenvalue weighted by molar-refractivity contribution is -0.119. The lowest BCUT2D eigenvalue weighted by Gasteiger charge is -2.13. The van der Waals surface area contributed by atoms with Crippen LogP contribution >= 0.6 is 11.8 Å². The van der Waals surface area contributed by atoms with E-state index >= 15 is 0 Å². The first-order chi connectivity index (χ1) is 13.5. The molecule has 0 bridgehead atoms. The van der Waals surface area contributed by atoms with Gasteiger partial charge in [-0.3, -0.25) is 4.79 Å². The number of rotatable bonds is 8. The van der Waals surface area contributed by atoms with E-state index in [0.717, 1.165) is 17.3 Å². The number of para-hydroxylation sites is 1. The number of amides is 1. The third kappa shape index (κ3) is 5.32. The number of nitrogens with one attached hydrogen (secondary N) is 1. The summed E-state index contributed by atoms with van der Waals surface area (Å²) in [5.41, 5.74) is 1.03.